The van der Waals surface area contributed by atoms with Gasteiger partial charge < -0.3 is 25.0 Å². The van der Waals surface area contributed by atoms with E-state index < -0.39 is 0 Å². The van der Waals surface area contributed by atoms with Crippen molar-refractivity contribution in [1.82, 2.24) is 10.2 Å². The fraction of sp³-hybridized carbons (Fsp3) is 0.429. The van der Waals surface area contributed by atoms with E-state index in [-0.39, 0.29) is 11.8 Å². The Morgan fingerprint density at radius 2 is 1.74 bits per heavy atom. The van der Waals surface area contributed by atoms with Gasteiger partial charge in [-0.1, -0.05) is 12.5 Å². The van der Waals surface area contributed by atoms with Gasteiger partial charge in [0.15, 0.2) is 11.5 Å². The fourth-order valence-corrected chi connectivity index (χ4v) is 5.16. The van der Waals surface area contributed by atoms with Crippen LogP contribution in [0.25, 0.3) is 6.08 Å². The molecule has 2 N–H and O–H groups in total. The van der Waals surface area contributed by atoms with Gasteiger partial charge in [0.05, 0.1) is 14.2 Å². The van der Waals surface area contributed by atoms with Gasteiger partial charge in [0.25, 0.3) is 5.91 Å². The number of methoxy groups -OCH3 is 2. The lowest BCUT2D eigenvalue weighted by atomic mass is 9.83. The summed E-state index contributed by atoms with van der Waals surface area (Å²) in [5.74, 6) is 1.44. The highest BCUT2D eigenvalue weighted by Gasteiger charge is 2.32. The molecule has 35 heavy (non-hydrogen) atoms. The zero-order valence-electron chi connectivity index (χ0n) is 20.6. The highest BCUT2D eigenvalue weighted by atomic mass is 16.5. The minimum absolute atomic E-state index is 0.0656. The van der Waals surface area contributed by atoms with Crippen LogP contribution in [0.15, 0.2) is 48.5 Å². The number of carbonyl (C=O) groups is 2. The molecule has 2 aliphatic heterocycles. The Morgan fingerprint density at radius 3 is 2.51 bits per heavy atom. The third kappa shape index (κ3) is 6.42. The van der Waals surface area contributed by atoms with Crippen molar-refractivity contribution in [2.24, 2.45) is 5.92 Å². The molecule has 0 radical (unpaired) electrons. The summed E-state index contributed by atoms with van der Waals surface area (Å²) in [5.41, 5.74) is 2.05. The zero-order valence-corrected chi connectivity index (χ0v) is 20.6. The first-order chi connectivity index (χ1) is 17.1. The topological polar surface area (TPSA) is 79.9 Å². The Kier molecular flexibility index (Phi) is 8.42. The van der Waals surface area contributed by atoms with Gasteiger partial charge in [-0.2, -0.15) is 0 Å². The van der Waals surface area contributed by atoms with Gasteiger partial charge in [0.1, 0.15) is 0 Å². The summed E-state index contributed by atoms with van der Waals surface area (Å²) >= 11 is 0. The van der Waals surface area contributed by atoms with Gasteiger partial charge in [0.2, 0.25) is 5.91 Å². The average molecular weight is 478 g/mol. The number of rotatable bonds is 8. The van der Waals surface area contributed by atoms with Crippen molar-refractivity contribution in [3.63, 3.8) is 0 Å². The monoisotopic (exact) mass is 477 g/mol. The summed E-state index contributed by atoms with van der Waals surface area (Å²) < 4.78 is 10.5. The van der Waals surface area contributed by atoms with Gasteiger partial charge in [-0.05, 0) is 92.7 Å². The van der Waals surface area contributed by atoms with E-state index in [1.807, 2.05) is 6.07 Å². The van der Waals surface area contributed by atoms with Crippen molar-refractivity contribution in [1.29, 1.82) is 0 Å². The molecule has 7 heteroatoms. The van der Waals surface area contributed by atoms with Crippen LogP contribution >= 0.6 is 0 Å². The molecule has 0 saturated carbocycles. The second-order valence-electron chi connectivity index (χ2n) is 9.23. The van der Waals surface area contributed by atoms with E-state index in [0.29, 0.717) is 34.7 Å². The van der Waals surface area contributed by atoms with E-state index in [1.165, 1.54) is 51.3 Å². The van der Waals surface area contributed by atoms with Gasteiger partial charge in [-0.15, -0.1) is 0 Å². The number of hydrogen-bond donors (Lipinski definition) is 2. The van der Waals surface area contributed by atoms with Crippen molar-refractivity contribution < 1.29 is 19.1 Å². The molecule has 2 heterocycles. The first-order valence-electron chi connectivity index (χ1n) is 12.4. The normalized spacial score (nSPS) is 20.2. The lowest BCUT2D eigenvalue weighted by Crippen LogP contribution is -2.51. The second-order valence-corrected chi connectivity index (χ2v) is 9.23. The van der Waals surface area contributed by atoms with E-state index in [0.717, 1.165) is 12.1 Å². The first-order valence-corrected chi connectivity index (χ1v) is 12.4. The third-order valence-electron chi connectivity index (χ3n) is 7.00. The molecule has 2 amide bonds. The number of fused-ring (bicyclic) bond motifs is 1. The highest BCUT2D eigenvalue weighted by molar-refractivity contribution is 6.02. The molecule has 4 rings (SSSR count). The predicted molar refractivity (Wildman–Crippen MR) is 138 cm³/mol. The van der Waals surface area contributed by atoms with Crippen LogP contribution in [0.2, 0.25) is 0 Å². The summed E-state index contributed by atoms with van der Waals surface area (Å²) in [6.07, 6.45) is 9.40. The molecule has 2 atom stereocenters. The van der Waals surface area contributed by atoms with Gasteiger partial charge in [-0.3, -0.25) is 9.59 Å². The van der Waals surface area contributed by atoms with Crippen LogP contribution < -0.4 is 20.1 Å². The number of carbonyl (C=O) groups excluding carboxylic acids is 2. The van der Waals surface area contributed by atoms with Crippen molar-refractivity contribution in [3.05, 3.63) is 59.7 Å². The van der Waals surface area contributed by atoms with Crippen molar-refractivity contribution in [2.45, 2.75) is 38.1 Å². The summed E-state index contributed by atoms with van der Waals surface area (Å²) in [5, 5.41) is 5.96. The van der Waals surface area contributed by atoms with Gasteiger partial charge >= 0.3 is 0 Å². The molecule has 2 fully saturated rings. The molecule has 0 spiro atoms. The SMILES string of the molecule is COc1ccc(C=CC(=O)Nc2ccc(C(=O)NC[C@@H]3CCCN4CCCC[C@H]34)cc2)cc1OC. The van der Waals surface area contributed by atoms with Crippen molar-refractivity contribution >= 4 is 23.6 Å². The smallest absolute Gasteiger partial charge is 0.251 e. The lowest BCUT2D eigenvalue weighted by molar-refractivity contribution is -0.111. The largest absolute Gasteiger partial charge is 0.493 e. The maximum Gasteiger partial charge on any atom is 0.251 e. The summed E-state index contributed by atoms with van der Waals surface area (Å²) in [6, 6.07) is 13.0. The number of amides is 2. The second kappa shape index (κ2) is 11.9. The number of nitrogens with zero attached hydrogens (tertiary/aromatic N) is 1. The van der Waals surface area contributed by atoms with E-state index in [4.69, 9.17) is 9.47 Å². The molecule has 2 aliphatic rings. The Bertz CT molecular complexity index is 1050. The number of hydrogen-bond acceptors (Lipinski definition) is 5. The number of anilines is 1. The molecule has 0 bridgehead atoms. The Balaban J connectivity index is 1.27. The molecule has 2 saturated heterocycles. The summed E-state index contributed by atoms with van der Waals surface area (Å²) in [4.78, 5) is 27.6. The Labute approximate surface area is 207 Å². The molecule has 7 nitrogen and oxygen atoms in total. The highest BCUT2D eigenvalue weighted by Crippen LogP contribution is 2.30. The van der Waals surface area contributed by atoms with Crippen LogP contribution in [-0.4, -0.2) is 56.6 Å². The Hall–Kier alpha value is -3.32. The maximum absolute atomic E-state index is 12.7. The van der Waals surface area contributed by atoms with Crippen LogP contribution in [0.4, 0.5) is 5.69 Å². The quantitative estimate of drug-likeness (QED) is 0.553. The number of piperidine rings is 2. The average Bonchev–Trinajstić information content (AvgIpc) is 2.90. The number of nitrogens with one attached hydrogen (secondary N) is 2. The van der Waals surface area contributed by atoms with Crippen LogP contribution in [0.5, 0.6) is 11.5 Å². The predicted octanol–water partition coefficient (Wildman–Crippen LogP) is 4.35. The maximum atomic E-state index is 12.7. The molecule has 0 aliphatic carbocycles. The molecule has 0 unspecified atom stereocenters. The number of ether oxygens (including phenoxy) is 2. The van der Waals surface area contributed by atoms with Crippen molar-refractivity contribution in [2.75, 3.05) is 39.2 Å². The van der Waals surface area contributed by atoms with Gasteiger partial charge in [0, 0.05) is 29.9 Å². The first kappa shape index (κ1) is 24.8. The molecule has 2 aromatic carbocycles. The minimum atomic E-state index is -0.258. The number of benzene rings is 2. The summed E-state index contributed by atoms with van der Waals surface area (Å²) in [7, 11) is 3.15. The van der Waals surface area contributed by atoms with Crippen LogP contribution in [0.3, 0.4) is 0 Å². The van der Waals surface area contributed by atoms with Crippen molar-refractivity contribution in [3.8, 4) is 11.5 Å². The Morgan fingerprint density at radius 1 is 0.971 bits per heavy atom. The van der Waals surface area contributed by atoms with E-state index in [9.17, 15) is 9.59 Å². The van der Waals surface area contributed by atoms with Crippen LogP contribution in [0, 0.1) is 5.92 Å². The third-order valence-corrected chi connectivity index (χ3v) is 7.00. The van der Waals surface area contributed by atoms with E-state index in [1.54, 1.807) is 56.7 Å². The van der Waals surface area contributed by atoms with Crippen LogP contribution in [-0.2, 0) is 4.79 Å². The molecule has 186 valence electrons. The van der Waals surface area contributed by atoms with E-state index in [2.05, 4.69) is 15.5 Å². The molecule has 2 aromatic rings. The van der Waals surface area contributed by atoms with Crippen LogP contribution in [0.1, 0.15) is 48.0 Å². The lowest BCUT2D eigenvalue weighted by Gasteiger charge is -2.44. The zero-order chi connectivity index (χ0) is 24.6. The molecular formula is C28H35N3O4. The van der Waals surface area contributed by atoms with Gasteiger partial charge in [-0.25, -0.2) is 0 Å². The van der Waals surface area contributed by atoms with E-state index >= 15 is 0 Å². The fourth-order valence-electron chi connectivity index (χ4n) is 5.16. The molecular weight excluding hydrogens is 442 g/mol. The standard InChI is InChI=1S/C28H35N3O4/c1-34-25-14-8-20(18-26(25)35-2)9-15-27(32)30-23-12-10-21(11-13-23)28(33)29-19-22-6-5-17-31-16-4-3-7-24(22)31/h8-15,18,22,24H,3-7,16-17,19H2,1-2H3,(H,29,33)(H,30,32)/t22-,24+/m0/s1. The minimum Gasteiger partial charge on any atom is -0.493 e. The summed E-state index contributed by atoms with van der Waals surface area (Å²) in [6.45, 7) is 3.12. The molecule has 0 aromatic heterocycles.